The Hall–Kier alpha value is -2.85. The molecule has 0 spiro atoms. The molecule has 1 unspecified atom stereocenters. The van der Waals surface area contributed by atoms with Crippen molar-refractivity contribution in [2.45, 2.75) is 31.2 Å². The van der Waals surface area contributed by atoms with Crippen LogP contribution in [-0.2, 0) is 4.79 Å². The molecular weight excluding hydrogens is 396 g/mol. The van der Waals surface area contributed by atoms with Gasteiger partial charge in [-0.25, -0.2) is 9.47 Å². The Bertz CT molecular complexity index is 1000. The summed E-state index contributed by atoms with van der Waals surface area (Å²) in [4.78, 5) is 25.4. The molecule has 0 saturated heterocycles. The molecular formula is C18H20N6O2S2. The number of thiophene rings is 1. The van der Waals surface area contributed by atoms with Crippen LogP contribution in [0.2, 0.25) is 0 Å². The first-order chi connectivity index (χ1) is 13.3. The van der Waals surface area contributed by atoms with Crippen molar-refractivity contribution in [1.29, 1.82) is 0 Å². The number of carbonyl (C=O) groups is 2. The number of hydrogen-bond donors (Lipinski definition) is 3. The summed E-state index contributed by atoms with van der Waals surface area (Å²) < 4.78 is 1.34. The van der Waals surface area contributed by atoms with Gasteiger partial charge < -0.3 is 11.2 Å². The highest BCUT2D eigenvalue weighted by Gasteiger charge is 2.22. The van der Waals surface area contributed by atoms with E-state index in [0.29, 0.717) is 16.7 Å². The molecule has 0 aliphatic heterocycles. The lowest BCUT2D eigenvalue weighted by Gasteiger charge is -2.12. The number of anilines is 1. The van der Waals surface area contributed by atoms with Crippen molar-refractivity contribution < 1.29 is 9.59 Å². The van der Waals surface area contributed by atoms with E-state index in [2.05, 4.69) is 20.8 Å². The maximum Gasteiger partial charge on any atom is 0.325 e. The Morgan fingerprint density at radius 1 is 1.25 bits per heavy atom. The van der Waals surface area contributed by atoms with Crippen LogP contribution >= 0.6 is 23.1 Å². The minimum atomic E-state index is -0.590. The molecule has 0 aliphatic carbocycles. The summed E-state index contributed by atoms with van der Waals surface area (Å²) in [6.45, 7) is 5.53. The molecule has 146 valence electrons. The molecule has 2 aromatic heterocycles. The van der Waals surface area contributed by atoms with Crippen LogP contribution in [0.5, 0.6) is 0 Å². The minimum absolute atomic E-state index is 0.390. The van der Waals surface area contributed by atoms with E-state index >= 15 is 0 Å². The molecule has 1 atom stereocenters. The van der Waals surface area contributed by atoms with E-state index in [4.69, 9.17) is 5.84 Å². The van der Waals surface area contributed by atoms with Gasteiger partial charge in [0.05, 0.1) is 10.1 Å². The van der Waals surface area contributed by atoms with Gasteiger partial charge >= 0.3 is 6.03 Å². The van der Waals surface area contributed by atoms with Gasteiger partial charge in [-0.15, -0.1) is 21.5 Å². The number of rotatable bonds is 5. The van der Waals surface area contributed by atoms with Crippen molar-refractivity contribution in [3.63, 3.8) is 0 Å². The Labute approximate surface area is 170 Å². The summed E-state index contributed by atoms with van der Waals surface area (Å²) in [7, 11) is 0. The van der Waals surface area contributed by atoms with Crippen LogP contribution < -0.4 is 16.5 Å². The number of imide groups is 1. The van der Waals surface area contributed by atoms with Crippen LogP contribution in [0.25, 0.3) is 10.7 Å². The standard InChI is InChI=1S/C18H20N6O2S2/c1-10-6-7-13(11(2)9-10)20-17(26)21-16(25)12(3)28-18-23-22-15(24(18)19)14-5-4-8-27-14/h4-9,12H,19H2,1-3H3,(H2,20,21,25,26). The number of hydrogen-bond acceptors (Lipinski definition) is 7. The topological polar surface area (TPSA) is 115 Å². The van der Waals surface area contributed by atoms with Gasteiger partial charge in [0.15, 0.2) is 5.82 Å². The second kappa shape index (κ2) is 8.44. The van der Waals surface area contributed by atoms with Gasteiger partial charge in [0.1, 0.15) is 0 Å². The van der Waals surface area contributed by atoms with Crippen LogP contribution in [0.4, 0.5) is 10.5 Å². The highest BCUT2D eigenvalue weighted by Crippen LogP contribution is 2.27. The summed E-state index contributed by atoms with van der Waals surface area (Å²) in [5.41, 5.74) is 2.67. The molecule has 0 radical (unpaired) electrons. The predicted molar refractivity (Wildman–Crippen MR) is 112 cm³/mol. The number of aromatic nitrogens is 3. The van der Waals surface area contributed by atoms with Gasteiger partial charge in [0.2, 0.25) is 11.1 Å². The average molecular weight is 417 g/mol. The first kappa shape index (κ1) is 19.9. The highest BCUT2D eigenvalue weighted by molar-refractivity contribution is 8.00. The fourth-order valence-corrected chi connectivity index (χ4v) is 3.94. The quantitative estimate of drug-likeness (QED) is 0.435. The van der Waals surface area contributed by atoms with Crippen molar-refractivity contribution >= 4 is 40.7 Å². The van der Waals surface area contributed by atoms with Crippen LogP contribution in [0, 0.1) is 13.8 Å². The van der Waals surface area contributed by atoms with Gasteiger partial charge in [-0.05, 0) is 43.8 Å². The number of nitrogens with two attached hydrogens (primary N) is 1. The highest BCUT2D eigenvalue weighted by atomic mass is 32.2. The van der Waals surface area contributed by atoms with Gasteiger partial charge in [0, 0.05) is 5.69 Å². The van der Waals surface area contributed by atoms with Gasteiger partial charge in [-0.3, -0.25) is 10.1 Å². The summed E-state index contributed by atoms with van der Waals surface area (Å²) >= 11 is 2.62. The number of amides is 3. The number of benzene rings is 1. The van der Waals surface area contributed by atoms with E-state index < -0.39 is 17.2 Å². The predicted octanol–water partition coefficient (Wildman–Crippen LogP) is 3.17. The Balaban J connectivity index is 1.59. The van der Waals surface area contributed by atoms with Gasteiger partial charge in [-0.1, -0.05) is 35.5 Å². The lowest BCUT2D eigenvalue weighted by molar-refractivity contribution is -0.119. The lowest BCUT2D eigenvalue weighted by atomic mass is 10.1. The zero-order valence-electron chi connectivity index (χ0n) is 15.6. The van der Waals surface area contributed by atoms with Gasteiger partial charge in [-0.2, -0.15) is 0 Å². The van der Waals surface area contributed by atoms with E-state index in [-0.39, 0.29) is 0 Å². The van der Waals surface area contributed by atoms with Crippen LogP contribution in [0.15, 0.2) is 40.9 Å². The number of nitrogen functional groups attached to an aromatic ring is 1. The molecule has 3 aromatic rings. The summed E-state index contributed by atoms with van der Waals surface area (Å²) in [5, 5.41) is 14.8. The molecule has 4 N–H and O–H groups in total. The first-order valence-electron chi connectivity index (χ1n) is 8.45. The molecule has 0 aliphatic rings. The fraction of sp³-hybridized carbons (Fsp3) is 0.222. The normalized spacial score (nSPS) is 11.8. The van der Waals surface area contributed by atoms with Crippen molar-refractivity contribution in [2.75, 3.05) is 11.2 Å². The molecule has 10 heteroatoms. The average Bonchev–Trinajstić information content (AvgIpc) is 3.28. The maximum absolute atomic E-state index is 12.3. The molecule has 3 amide bonds. The molecule has 0 fully saturated rings. The third kappa shape index (κ3) is 4.52. The smallest absolute Gasteiger partial charge is 0.325 e. The SMILES string of the molecule is Cc1ccc(NC(=O)NC(=O)C(C)Sc2nnc(-c3cccs3)n2N)c(C)c1. The number of urea groups is 1. The molecule has 8 nitrogen and oxygen atoms in total. The summed E-state index contributed by atoms with van der Waals surface area (Å²) in [6.07, 6.45) is 0. The third-order valence-electron chi connectivity index (χ3n) is 3.92. The number of aryl methyl sites for hydroxylation is 2. The van der Waals surface area contributed by atoms with Crippen LogP contribution in [0.1, 0.15) is 18.1 Å². The zero-order chi connectivity index (χ0) is 20.3. The fourth-order valence-electron chi connectivity index (χ4n) is 2.46. The molecule has 2 heterocycles. The molecule has 28 heavy (non-hydrogen) atoms. The molecule has 0 bridgehead atoms. The Morgan fingerprint density at radius 3 is 2.71 bits per heavy atom. The summed E-state index contributed by atoms with van der Waals surface area (Å²) in [5.74, 6) is 6.12. The Kier molecular flexibility index (Phi) is 6.00. The Morgan fingerprint density at radius 2 is 2.04 bits per heavy atom. The molecule has 3 rings (SSSR count). The number of nitrogens with zero attached hydrogens (tertiary/aromatic N) is 3. The molecule has 1 aromatic carbocycles. The number of nitrogens with one attached hydrogen (secondary N) is 2. The second-order valence-electron chi connectivity index (χ2n) is 6.18. The van der Waals surface area contributed by atoms with E-state index in [0.717, 1.165) is 27.8 Å². The van der Waals surface area contributed by atoms with E-state index in [9.17, 15) is 9.59 Å². The van der Waals surface area contributed by atoms with Crippen LogP contribution in [-0.4, -0.2) is 32.1 Å². The lowest BCUT2D eigenvalue weighted by Crippen LogP contribution is -2.39. The van der Waals surface area contributed by atoms with Crippen LogP contribution in [0.3, 0.4) is 0 Å². The van der Waals surface area contributed by atoms with Crippen molar-refractivity contribution in [2.24, 2.45) is 0 Å². The number of carbonyl (C=O) groups excluding carboxylic acids is 2. The summed E-state index contributed by atoms with van der Waals surface area (Å²) in [6, 6.07) is 8.84. The maximum atomic E-state index is 12.3. The number of thioether (sulfide) groups is 1. The monoisotopic (exact) mass is 416 g/mol. The van der Waals surface area contributed by atoms with Crippen molar-refractivity contribution in [1.82, 2.24) is 20.2 Å². The third-order valence-corrected chi connectivity index (χ3v) is 5.85. The first-order valence-corrected chi connectivity index (χ1v) is 10.2. The van der Waals surface area contributed by atoms with Crippen molar-refractivity contribution in [3.8, 4) is 10.7 Å². The van der Waals surface area contributed by atoms with E-state index in [1.807, 2.05) is 43.5 Å². The minimum Gasteiger partial charge on any atom is -0.335 e. The van der Waals surface area contributed by atoms with E-state index in [1.54, 1.807) is 13.0 Å². The zero-order valence-corrected chi connectivity index (χ0v) is 17.2. The molecule has 0 saturated carbocycles. The largest absolute Gasteiger partial charge is 0.335 e. The van der Waals surface area contributed by atoms with Crippen molar-refractivity contribution in [3.05, 3.63) is 46.8 Å². The van der Waals surface area contributed by atoms with E-state index in [1.165, 1.54) is 16.0 Å². The van der Waals surface area contributed by atoms with Gasteiger partial charge in [0.25, 0.3) is 0 Å². The second-order valence-corrected chi connectivity index (χ2v) is 8.43.